The zero-order valence-electron chi connectivity index (χ0n) is 14.6. The zero-order valence-corrected chi connectivity index (χ0v) is 14.6. The second kappa shape index (κ2) is 8.16. The molecular formula is C21H19NO4. The second-order valence-corrected chi connectivity index (χ2v) is 5.46. The summed E-state index contributed by atoms with van der Waals surface area (Å²) in [6.45, 7) is 2.45. The first-order chi connectivity index (χ1) is 12.7. The average molecular weight is 349 g/mol. The number of cyclic esters (lactones) is 1. The lowest BCUT2D eigenvalue weighted by Crippen LogP contribution is -2.01. The summed E-state index contributed by atoms with van der Waals surface area (Å²) in [5.74, 6) is 1.04. The maximum absolute atomic E-state index is 12.0. The standard InChI is InChI=1S/C21H19NO4/c1-3-25-18-11-9-16(14-19(18)24-2)13-17-21(23)26-20(22-17)12-10-15-7-5-4-6-8-15/h4-14H,3H2,1-2H3. The van der Waals surface area contributed by atoms with E-state index in [1.165, 1.54) is 0 Å². The van der Waals surface area contributed by atoms with Gasteiger partial charge in [0.05, 0.1) is 13.7 Å². The van der Waals surface area contributed by atoms with Gasteiger partial charge in [0.2, 0.25) is 5.90 Å². The van der Waals surface area contributed by atoms with Crippen molar-refractivity contribution in [2.45, 2.75) is 6.92 Å². The lowest BCUT2D eigenvalue weighted by Gasteiger charge is -2.09. The summed E-state index contributed by atoms with van der Waals surface area (Å²) in [7, 11) is 1.57. The number of aliphatic imine (C=N–C) groups is 1. The number of hydrogen-bond acceptors (Lipinski definition) is 5. The van der Waals surface area contributed by atoms with Crippen LogP contribution in [-0.2, 0) is 9.53 Å². The van der Waals surface area contributed by atoms with Crippen LogP contribution < -0.4 is 9.47 Å². The number of rotatable bonds is 6. The van der Waals surface area contributed by atoms with Crippen LogP contribution >= 0.6 is 0 Å². The summed E-state index contributed by atoms with van der Waals surface area (Å²) in [4.78, 5) is 16.3. The maximum atomic E-state index is 12.0. The molecule has 0 bridgehead atoms. The Hall–Kier alpha value is -3.34. The Morgan fingerprint density at radius 1 is 1.04 bits per heavy atom. The van der Waals surface area contributed by atoms with Crippen molar-refractivity contribution in [1.29, 1.82) is 0 Å². The Labute approximate surface area is 152 Å². The van der Waals surface area contributed by atoms with E-state index < -0.39 is 5.97 Å². The maximum Gasteiger partial charge on any atom is 0.363 e. The van der Waals surface area contributed by atoms with Crippen molar-refractivity contribution < 1.29 is 19.0 Å². The molecule has 0 aliphatic carbocycles. The molecule has 5 heteroatoms. The van der Waals surface area contributed by atoms with Gasteiger partial charge in [0.1, 0.15) is 0 Å². The summed E-state index contributed by atoms with van der Waals surface area (Å²) in [5.41, 5.74) is 2.01. The molecule has 2 aromatic carbocycles. The molecule has 1 heterocycles. The summed E-state index contributed by atoms with van der Waals surface area (Å²) < 4.78 is 16.0. The third-order valence-electron chi connectivity index (χ3n) is 3.65. The van der Waals surface area contributed by atoms with Gasteiger partial charge in [-0.3, -0.25) is 0 Å². The van der Waals surface area contributed by atoms with Gasteiger partial charge in [-0.15, -0.1) is 0 Å². The molecule has 26 heavy (non-hydrogen) atoms. The Morgan fingerprint density at radius 2 is 1.85 bits per heavy atom. The van der Waals surface area contributed by atoms with Gasteiger partial charge in [-0.2, -0.15) is 0 Å². The van der Waals surface area contributed by atoms with E-state index in [0.717, 1.165) is 11.1 Å². The van der Waals surface area contributed by atoms with Crippen molar-refractivity contribution in [2.75, 3.05) is 13.7 Å². The summed E-state index contributed by atoms with van der Waals surface area (Å²) in [5, 5.41) is 0. The van der Waals surface area contributed by atoms with Crippen LogP contribution in [0, 0.1) is 0 Å². The number of hydrogen-bond donors (Lipinski definition) is 0. The first-order valence-corrected chi connectivity index (χ1v) is 8.26. The molecule has 0 fully saturated rings. The minimum atomic E-state index is -0.481. The van der Waals surface area contributed by atoms with E-state index in [1.54, 1.807) is 31.4 Å². The molecule has 0 radical (unpaired) electrons. The monoisotopic (exact) mass is 349 g/mol. The number of carbonyl (C=O) groups is 1. The quantitative estimate of drug-likeness (QED) is 0.582. The van der Waals surface area contributed by atoms with Crippen LogP contribution in [-0.4, -0.2) is 25.6 Å². The fraction of sp³-hybridized carbons (Fsp3) is 0.143. The molecule has 0 N–H and O–H groups in total. The fourth-order valence-corrected chi connectivity index (χ4v) is 2.44. The van der Waals surface area contributed by atoms with E-state index in [0.29, 0.717) is 18.1 Å². The molecule has 132 valence electrons. The molecule has 1 aliphatic heterocycles. The highest BCUT2D eigenvalue weighted by Gasteiger charge is 2.21. The van der Waals surface area contributed by atoms with Crippen LogP contribution in [0.1, 0.15) is 18.1 Å². The molecule has 0 saturated carbocycles. The summed E-state index contributed by atoms with van der Waals surface area (Å²) in [6, 6.07) is 15.2. The smallest absolute Gasteiger partial charge is 0.363 e. The predicted octanol–water partition coefficient (Wildman–Crippen LogP) is 4.10. The number of esters is 1. The molecular weight excluding hydrogens is 330 g/mol. The molecule has 3 rings (SSSR count). The number of methoxy groups -OCH3 is 1. The minimum absolute atomic E-state index is 0.240. The molecule has 0 saturated heterocycles. The van der Waals surface area contributed by atoms with E-state index in [-0.39, 0.29) is 11.6 Å². The molecule has 0 atom stereocenters. The first kappa shape index (κ1) is 17.5. The Balaban J connectivity index is 1.81. The van der Waals surface area contributed by atoms with E-state index in [9.17, 15) is 4.79 Å². The molecule has 5 nitrogen and oxygen atoms in total. The third-order valence-corrected chi connectivity index (χ3v) is 3.65. The van der Waals surface area contributed by atoms with Crippen LogP contribution in [0.15, 0.2) is 65.3 Å². The van der Waals surface area contributed by atoms with E-state index in [2.05, 4.69) is 4.99 Å². The number of nitrogens with zero attached hydrogens (tertiary/aromatic N) is 1. The van der Waals surface area contributed by atoms with Crippen LogP contribution in [0.3, 0.4) is 0 Å². The van der Waals surface area contributed by atoms with Crippen molar-refractivity contribution in [1.82, 2.24) is 0 Å². The Morgan fingerprint density at radius 3 is 2.58 bits per heavy atom. The molecule has 0 unspecified atom stereocenters. The topological polar surface area (TPSA) is 57.1 Å². The van der Waals surface area contributed by atoms with Gasteiger partial charge < -0.3 is 14.2 Å². The number of carbonyl (C=O) groups excluding carboxylic acids is 1. The molecule has 0 aromatic heterocycles. The largest absolute Gasteiger partial charge is 0.493 e. The minimum Gasteiger partial charge on any atom is -0.493 e. The SMILES string of the molecule is CCOc1ccc(C=C2N=C(C=Cc3ccccc3)OC2=O)cc1OC. The van der Waals surface area contributed by atoms with Crippen molar-refractivity contribution >= 4 is 24.0 Å². The number of ether oxygens (including phenoxy) is 3. The molecule has 0 amide bonds. The van der Waals surface area contributed by atoms with E-state index >= 15 is 0 Å². The Kier molecular flexibility index (Phi) is 5.49. The third kappa shape index (κ3) is 4.19. The van der Waals surface area contributed by atoms with Crippen LogP contribution in [0.25, 0.3) is 12.2 Å². The molecule has 0 spiro atoms. The summed E-state index contributed by atoms with van der Waals surface area (Å²) in [6.07, 6.45) is 5.17. The average Bonchev–Trinajstić information content (AvgIpc) is 3.02. The van der Waals surface area contributed by atoms with E-state index in [1.807, 2.05) is 49.4 Å². The van der Waals surface area contributed by atoms with Gasteiger partial charge in [-0.1, -0.05) is 36.4 Å². The van der Waals surface area contributed by atoms with Crippen molar-refractivity contribution in [3.05, 3.63) is 71.4 Å². The first-order valence-electron chi connectivity index (χ1n) is 8.26. The van der Waals surface area contributed by atoms with Gasteiger partial charge in [0.25, 0.3) is 0 Å². The van der Waals surface area contributed by atoms with Crippen LogP contribution in [0.5, 0.6) is 11.5 Å². The van der Waals surface area contributed by atoms with Gasteiger partial charge in [0.15, 0.2) is 17.2 Å². The highest BCUT2D eigenvalue weighted by Crippen LogP contribution is 2.29. The highest BCUT2D eigenvalue weighted by molar-refractivity contribution is 6.11. The molecule has 2 aromatic rings. The number of benzene rings is 2. The van der Waals surface area contributed by atoms with Gasteiger partial charge >= 0.3 is 5.97 Å². The van der Waals surface area contributed by atoms with Crippen molar-refractivity contribution in [3.63, 3.8) is 0 Å². The molecule has 1 aliphatic rings. The van der Waals surface area contributed by atoms with Gasteiger partial charge in [0, 0.05) is 6.08 Å². The summed E-state index contributed by atoms with van der Waals surface area (Å²) >= 11 is 0. The zero-order chi connectivity index (χ0) is 18.4. The Bertz CT molecular complexity index is 882. The normalized spacial score (nSPS) is 15.2. The lowest BCUT2D eigenvalue weighted by atomic mass is 10.1. The lowest BCUT2D eigenvalue weighted by molar-refractivity contribution is -0.129. The van der Waals surface area contributed by atoms with Crippen LogP contribution in [0.4, 0.5) is 0 Å². The van der Waals surface area contributed by atoms with Crippen molar-refractivity contribution in [3.8, 4) is 11.5 Å². The fourth-order valence-electron chi connectivity index (χ4n) is 2.44. The van der Waals surface area contributed by atoms with Crippen LogP contribution in [0.2, 0.25) is 0 Å². The van der Waals surface area contributed by atoms with E-state index in [4.69, 9.17) is 14.2 Å². The van der Waals surface area contributed by atoms with Gasteiger partial charge in [-0.25, -0.2) is 9.79 Å². The highest BCUT2D eigenvalue weighted by atomic mass is 16.6. The van der Waals surface area contributed by atoms with Gasteiger partial charge in [-0.05, 0) is 42.3 Å². The predicted molar refractivity (Wildman–Crippen MR) is 101 cm³/mol. The van der Waals surface area contributed by atoms with Crippen molar-refractivity contribution in [2.24, 2.45) is 4.99 Å². The second-order valence-electron chi connectivity index (χ2n) is 5.46.